The fourth-order valence-corrected chi connectivity index (χ4v) is 6.68. The first-order valence-electron chi connectivity index (χ1n) is 13.2. The number of nitro benzene ring substituents is 1. The number of carbonyl (C=O) groups excluding carboxylic acids is 2. The second kappa shape index (κ2) is 10.1. The molecule has 0 saturated carbocycles. The number of benzene rings is 2. The molecular weight excluding hydrogens is 596 g/mol. The molecule has 0 aromatic heterocycles. The van der Waals surface area contributed by atoms with Gasteiger partial charge in [0.05, 0.1) is 20.5 Å². The molecule has 3 aliphatic rings. The smallest absolute Gasteiger partial charge is 0.416 e. The minimum Gasteiger partial charge on any atom is -0.447 e. The average molecular weight is 623 g/mol. The van der Waals surface area contributed by atoms with Crippen LogP contribution in [0.4, 0.5) is 18.9 Å². The van der Waals surface area contributed by atoms with Gasteiger partial charge < -0.3 is 10.1 Å². The number of Topliss-reactive ketones (excluding diaryl/α,β-unsaturated/α-hetero) is 2. The van der Waals surface area contributed by atoms with Gasteiger partial charge in [0.2, 0.25) is 5.75 Å². The molecule has 7 nitrogen and oxygen atoms in total. The van der Waals surface area contributed by atoms with Gasteiger partial charge in [-0.2, -0.15) is 13.2 Å². The second-order valence-corrected chi connectivity index (χ2v) is 13.4. The molecule has 0 amide bonds. The highest BCUT2D eigenvalue weighted by Gasteiger charge is 2.46. The van der Waals surface area contributed by atoms with Crippen molar-refractivity contribution in [3.05, 3.63) is 84.2 Å². The minimum absolute atomic E-state index is 0.0956. The summed E-state index contributed by atoms with van der Waals surface area (Å²) in [5.41, 5.74) is 0.189. The molecule has 2 aliphatic carbocycles. The number of nitrogens with one attached hydrogen (secondary N) is 1. The summed E-state index contributed by atoms with van der Waals surface area (Å²) in [6.45, 7) is 8.02. The van der Waals surface area contributed by atoms with E-state index in [0.29, 0.717) is 41.7 Å². The second-order valence-electron chi connectivity index (χ2n) is 12.6. The molecule has 1 heterocycles. The summed E-state index contributed by atoms with van der Waals surface area (Å²) in [4.78, 5) is 37.7. The van der Waals surface area contributed by atoms with Crippen molar-refractivity contribution in [1.82, 2.24) is 5.32 Å². The summed E-state index contributed by atoms with van der Waals surface area (Å²) in [5, 5.41) is 14.8. The molecule has 0 spiro atoms. The number of hydrogen-bond donors (Lipinski definition) is 1. The van der Waals surface area contributed by atoms with Crippen LogP contribution in [0.1, 0.15) is 70.4 Å². The summed E-state index contributed by atoms with van der Waals surface area (Å²) in [6.07, 6.45) is -3.04. The van der Waals surface area contributed by atoms with E-state index in [1.807, 2.05) is 27.7 Å². The minimum atomic E-state index is -4.80. The third-order valence-corrected chi connectivity index (χ3v) is 8.33. The summed E-state index contributed by atoms with van der Waals surface area (Å²) in [7, 11) is 0. The SMILES string of the molecule is CC1(C)CC(=O)C2=C(C1)NC1=C(C(=O)CC(C)(C)C1)C2c1cc(Cl)c(Oc2ccc(C(F)(F)F)cc2[N+](=O)[O-])c(Cl)c1. The van der Waals surface area contributed by atoms with Gasteiger partial charge in [-0.1, -0.05) is 50.9 Å². The Bertz CT molecular complexity index is 1550. The number of hydrogen-bond acceptors (Lipinski definition) is 6. The number of alkyl halides is 3. The number of halogens is 5. The van der Waals surface area contributed by atoms with E-state index in [9.17, 15) is 32.9 Å². The fourth-order valence-electron chi connectivity index (χ4n) is 6.10. The highest BCUT2D eigenvalue weighted by atomic mass is 35.5. The van der Waals surface area contributed by atoms with Crippen LogP contribution >= 0.6 is 23.2 Å². The third-order valence-electron chi connectivity index (χ3n) is 7.77. The first kappa shape index (κ1) is 30.1. The van der Waals surface area contributed by atoms with Crippen LogP contribution in [0.25, 0.3) is 0 Å². The summed E-state index contributed by atoms with van der Waals surface area (Å²) < 4.78 is 45.1. The zero-order valence-electron chi connectivity index (χ0n) is 23.2. The van der Waals surface area contributed by atoms with Crippen LogP contribution in [-0.4, -0.2) is 16.5 Å². The van der Waals surface area contributed by atoms with Gasteiger partial charge in [-0.25, -0.2) is 0 Å². The molecule has 0 radical (unpaired) electrons. The summed E-state index contributed by atoms with van der Waals surface area (Å²) in [6, 6.07) is 4.80. The molecule has 1 aliphatic heterocycles. The standard InChI is InChI=1S/C30H27Cl2F3N2O5/c1-28(2)10-18-25(21(38)12-28)24(26-19(36-18)11-29(3,4)13-22(26)39)14-7-16(31)27(17(32)8-14)42-23-6-5-15(30(33,34)35)9-20(23)37(40)41/h5-9,24,36H,10-13H2,1-4H3. The Balaban J connectivity index is 1.61. The fraction of sp³-hybridized carbons (Fsp3) is 0.400. The van der Waals surface area contributed by atoms with E-state index in [1.165, 1.54) is 12.1 Å². The summed E-state index contributed by atoms with van der Waals surface area (Å²) >= 11 is 13.2. The Morgan fingerprint density at radius 1 is 0.905 bits per heavy atom. The molecule has 222 valence electrons. The van der Waals surface area contributed by atoms with E-state index in [0.717, 1.165) is 17.5 Å². The molecule has 0 saturated heterocycles. The molecule has 5 rings (SSSR count). The van der Waals surface area contributed by atoms with Gasteiger partial charge in [0.25, 0.3) is 0 Å². The maximum absolute atomic E-state index is 13.5. The van der Waals surface area contributed by atoms with E-state index in [4.69, 9.17) is 27.9 Å². The molecule has 0 atom stereocenters. The Morgan fingerprint density at radius 2 is 1.40 bits per heavy atom. The first-order valence-corrected chi connectivity index (χ1v) is 13.9. The lowest BCUT2D eigenvalue weighted by Gasteiger charge is -2.44. The molecule has 0 unspecified atom stereocenters. The Morgan fingerprint density at radius 3 is 1.86 bits per heavy atom. The maximum Gasteiger partial charge on any atom is 0.416 e. The topological polar surface area (TPSA) is 98.5 Å². The number of ketones is 2. The maximum atomic E-state index is 13.5. The number of dihydropyridines is 1. The predicted octanol–water partition coefficient (Wildman–Crippen LogP) is 8.69. The van der Waals surface area contributed by atoms with Crippen molar-refractivity contribution in [3.63, 3.8) is 0 Å². The molecular formula is C30H27Cl2F3N2O5. The van der Waals surface area contributed by atoms with Crippen molar-refractivity contribution in [2.75, 3.05) is 0 Å². The van der Waals surface area contributed by atoms with Crippen molar-refractivity contribution in [1.29, 1.82) is 0 Å². The number of carbonyl (C=O) groups is 2. The third kappa shape index (κ3) is 5.54. The molecule has 0 fully saturated rings. The van der Waals surface area contributed by atoms with E-state index >= 15 is 0 Å². The van der Waals surface area contributed by atoms with Gasteiger partial charge in [0.1, 0.15) is 0 Å². The van der Waals surface area contributed by atoms with Crippen LogP contribution in [0.2, 0.25) is 10.0 Å². The van der Waals surface area contributed by atoms with Gasteiger partial charge in [0.15, 0.2) is 17.3 Å². The molecule has 2 aromatic rings. The number of rotatable bonds is 4. The zero-order chi connectivity index (χ0) is 30.9. The summed E-state index contributed by atoms with van der Waals surface area (Å²) in [5.74, 6) is -1.65. The quantitative estimate of drug-likeness (QED) is 0.270. The van der Waals surface area contributed by atoms with Crippen LogP contribution in [0.3, 0.4) is 0 Å². The van der Waals surface area contributed by atoms with E-state index in [1.54, 1.807) is 0 Å². The molecule has 42 heavy (non-hydrogen) atoms. The molecule has 1 N–H and O–H groups in total. The zero-order valence-corrected chi connectivity index (χ0v) is 24.7. The van der Waals surface area contributed by atoms with Gasteiger partial charge in [-0.15, -0.1) is 0 Å². The number of allylic oxidation sites excluding steroid dienone is 4. The van der Waals surface area contributed by atoms with Crippen LogP contribution in [0, 0.1) is 20.9 Å². The highest BCUT2D eigenvalue weighted by molar-refractivity contribution is 6.37. The van der Waals surface area contributed by atoms with Crippen molar-refractivity contribution < 1.29 is 32.4 Å². The van der Waals surface area contributed by atoms with Crippen LogP contribution in [0.5, 0.6) is 11.5 Å². The van der Waals surface area contributed by atoms with E-state index < -0.39 is 34.0 Å². The predicted molar refractivity (Wildman–Crippen MR) is 151 cm³/mol. The first-order chi connectivity index (χ1) is 19.4. The van der Waals surface area contributed by atoms with Crippen LogP contribution < -0.4 is 10.1 Å². The van der Waals surface area contributed by atoms with Crippen molar-refractivity contribution >= 4 is 40.5 Å². The number of nitro groups is 1. The lowest BCUT2D eigenvalue weighted by Crippen LogP contribution is -2.42. The van der Waals surface area contributed by atoms with Crippen LogP contribution in [-0.2, 0) is 15.8 Å². The largest absolute Gasteiger partial charge is 0.447 e. The number of ether oxygens (including phenoxy) is 1. The molecule has 12 heteroatoms. The number of nitrogens with zero attached hydrogens (tertiary/aromatic N) is 1. The van der Waals surface area contributed by atoms with Gasteiger partial charge in [0, 0.05) is 47.4 Å². The van der Waals surface area contributed by atoms with Gasteiger partial charge in [-0.3, -0.25) is 19.7 Å². The normalized spacial score (nSPS) is 20.2. The van der Waals surface area contributed by atoms with E-state index in [2.05, 4.69) is 5.32 Å². The monoisotopic (exact) mass is 622 g/mol. The van der Waals surface area contributed by atoms with Gasteiger partial charge in [-0.05, 0) is 53.5 Å². The van der Waals surface area contributed by atoms with Gasteiger partial charge >= 0.3 is 11.9 Å². The van der Waals surface area contributed by atoms with Crippen molar-refractivity contribution in [3.8, 4) is 11.5 Å². The Labute approximate surface area is 249 Å². The Hall–Kier alpha value is -3.37. The lowest BCUT2D eigenvalue weighted by molar-refractivity contribution is -0.385. The average Bonchev–Trinajstić information content (AvgIpc) is 2.82. The molecule has 2 aromatic carbocycles. The van der Waals surface area contributed by atoms with Crippen LogP contribution in [0.15, 0.2) is 52.9 Å². The lowest BCUT2D eigenvalue weighted by atomic mass is 9.64. The van der Waals surface area contributed by atoms with E-state index in [-0.39, 0.29) is 51.0 Å². The highest BCUT2D eigenvalue weighted by Crippen LogP contribution is 2.52. The Kier molecular flexibility index (Phi) is 7.25. The van der Waals surface area contributed by atoms with Crippen molar-refractivity contribution in [2.24, 2.45) is 10.8 Å². The van der Waals surface area contributed by atoms with Crippen molar-refractivity contribution in [2.45, 2.75) is 65.5 Å². The molecule has 0 bridgehead atoms.